The second-order valence-corrected chi connectivity index (χ2v) is 7.39. The maximum absolute atomic E-state index is 14.3. The number of fused-ring (bicyclic) bond motifs is 3. The van der Waals surface area contributed by atoms with E-state index in [0.717, 1.165) is 16.5 Å². The van der Waals surface area contributed by atoms with Gasteiger partial charge >= 0.3 is 0 Å². The fourth-order valence-electron chi connectivity index (χ4n) is 3.54. The van der Waals surface area contributed by atoms with E-state index in [9.17, 15) is 9.18 Å². The summed E-state index contributed by atoms with van der Waals surface area (Å²) in [6.45, 7) is 2.04. The van der Waals surface area contributed by atoms with Gasteiger partial charge in [0, 0.05) is 5.39 Å². The van der Waals surface area contributed by atoms with E-state index in [0.29, 0.717) is 11.0 Å². The molecule has 0 saturated heterocycles. The molecule has 2 aromatic heterocycles. The van der Waals surface area contributed by atoms with E-state index in [2.05, 4.69) is 15.0 Å². The molecule has 0 aliphatic carbocycles. The van der Waals surface area contributed by atoms with Crippen LogP contribution in [-0.4, -0.2) is 15.0 Å². The molecule has 6 heteroatoms. The van der Waals surface area contributed by atoms with Crippen molar-refractivity contribution >= 4 is 33.5 Å². The highest BCUT2D eigenvalue weighted by Gasteiger charge is 2.17. The Hall–Kier alpha value is -3.44. The van der Waals surface area contributed by atoms with E-state index in [4.69, 9.17) is 11.6 Å². The van der Waals surface area contributed by atoms with Crippen LogP contribution in [0.15, 0.2) is 65.5 Å². The van der Waals surface area contributed by atoms with E-state index in [1.165, 1.54) is 17.7 Å². The summed E-state index contributed by atoms with van der Waals surface area (Å²) in [5, 5.41) is 0.997. The summed E-state index contributed by atoms with van der Waals surface area (Å²) in [5.41, 5.74) is 4.48. The summed E-state index contributed by atoms with van der Waals surface area (Å²) < 4.78 is 14.3. The maximum atomic E-state index is 14.3. The van der Waals surface area contributed by atoms with Crippen molar-refractivity contribution in [2.24, 2.45) is 0 Å². The van der Waals surface area contributed by atoms with Gasteiger partial charge in [-0.2, -0.15) is 0 Å². The Bertz CT molecular complexity index is 1430. The summed E-state index contributed by atoms with van der Waals surface area (Å²) in [5.74, 6) is -0.275. The molecule has 0 saturated carbocycles. The van der Waals surface area contributed by atoms with Gasteiger partial charge in [-0.05, 0) is 36.2 Å². The Balaban J connectivity index is 1.73. The standard InChI is InChI=1S/C23H15ClFN3O/c1-12-5-7-13(8-6-12)14-9-10-15-18(11-14)26-23(29)21-20(15)27-22(28-21)19-16(24)3-2-4-17(19)25/h2-11H,1H3,(H,26,29)(H,27,28). The number of halogens is 2. The number of aromatic nitrogens is 3. The van der Waals surface area contributed by atoms with Crippen LogP contribution >= 0.6 is 11.6 Å². The minimum atomic E-state index is -0.501. The third-order valence-electron chi connectivity index (χ3n) is 5.04. The number of pyridine rings is 1. The third-order valence-corrected chi connectivity index (χ3v) is 5.35. The molecule has 2 N–H and O–H groups in total. The average molecular weight is 404 g/mol. The van der Waals surface area contributed by atoms with Gasteiger partial charge in [0.25, 0.3) is 5.56 Å². The predicted molar refractivity (Wildman–Crippen MR) is 115 cm³/mol. The number of aryl methyl sites for hydroxylation is 1. The zero-order valence-corrected chi connectivity index (χ0v) is 16.1. The molecule has 0 fully saturated rings. The molecule has 0 aliphatic heterocycles. The van der Waals surface area contributed by atoms with Gasteiger partial charge in [0.15, 0.2) is 0 Å². The lowest BCUT2D eigenvalue weighted by molar-refractivity contribution is 0.630. The summed E-state index contributed by atoms with van der Waals surface area (Å²) in [6.07, 6.45) is 0. The highest BCUT2D eigenvalue weighted by Crippen LogP contribution is 2.32. The fourth-order valence-corrected chi connectivity index (χ4v) is 3.79. The normalized spacial score (nSPS) is 11.4. The fraction of sp³-hybridized carbons (Fsp3) is 0.0435. The molecule has 2 heterocycles. The van der Waals surface area contributed by atoms with E-state index in [-0.39, 0.29) is 27.5 Å². The Morgan fingerprint density at radius 2 is 1.72 bits per heavy atom. The average Bonchev–Trinajstić information content (AvgIpc) is 3.14. The molecule has 3 aromatic carbocycles. The monoisotopic (exact) mass is 403 g/mol. The van der Waals surface area contributed by atoms with Crippen LogP contribution in [0.2, 0.25) is 5.02 Å². The van der Waals surface area contributed by atoms with Crippen LogP contribution in [0.25, 0.3) is 44.5 Å². The molecule has 5 aromatic rings. The summed E-state index contributed by atoms with van der Waals surface area (Å²) in [6, 6.07) is 18.4. The Morgan fingerprint density at radius 1 is 0.966 bits per heavy atom. The second kappa shape index (κ2) is 6.57. The quantitative estimate of drug-likeness (QED) is 0.389. The van der Waals surface area contributed by atoms with Crippen molar-refractivity contribution < 1.29 is 4.39 Å². The van der Waals surface area contributed by atoms with Crippen molar-refractivity contribution in [2.45, 2.75) is 6.92 Å². The number of H-pyrrole nitrogens is 2. The first kappa shape index (κ1) is 17.6. The molecule has 0 aliphatic rings. The first-order valence-corrected chi connectivity index (χ1v) is 9.46. The van der Waals surface area contributed by atoms with Crippen molar-refractivity contribution in [2.75, 3.05) is 0 Å². The van der Waals surface area contributed by atoms with Crippen LogP contribution in [0.5, 0.6) is 0 Å². The number of benzene rings is 3. The number of rotatable bonds is 2. The van der Waals surface area contributed by atoms with Gasteiger partial charge < -0.3 is 9.97 Å². The molecule has 4 nitrogen and oxygen atoms in total. The van der Waals surface area contributed by atoms with Gasteiger partial charge in [-0.1, -0.05) is 59.6 Å². The number of nitrogens with zero attached hydrogens (tertiary/aromatic N) is 1. The molecule has 29 heavy (non-hydrogen) atoms. The van der Waals surface area contributed by atoms with Crippen molar-refractivity contribution in [3.8, 4) is 22.5 Å². The van der Waals surface area contributed by atoms with Gasteiger partial charge in [-0.25, -0.2) is 9.37 Å². The molecule has 0 unspecified atom stereocenters. The molecule has 5 rings (SSSR count). The van der Waals surface area contributed by atoms with Gasteiger partial charge in [0.05, 0.1) is 16.1 Å². The van der Waals surface area contributed by atoms with Gasteiger partial charge in [-0.3, -0.25) is 4.79 Å². The zero-order valence-electron chi connectivity index (χ0n) is 15.4. The van der Waals surface area contributed by atoms with Crippen molar-refractivity contribution in [1.29, 1.82) is 0 Å². The van der Waals surface area contributed by atoms with Crippen molar-refractivity contribution in [1.82, 2.24) is 15.0 Å². The number of hydrogen-bond acceptors (Lipinski definition) is 2. The summed E-state index contributed by atoms with van der Waals surface area (Å²) >= 11 is 6.16. The van der Waals surface area contributed by atoms with Gasteiger partial charge in [0.1, 0.15) is 22.7 Å². The number of hydrogen-bond donors (Lipinski definition) is 2. The zero-order chi connectivity index (χ0) is 20.1. The molecule has 0 bridgehead atoms. The van der Waals surface area contributed by atoms with E-state index in [1.54, 1.807) is 6.07 Å². The Morgan fingerprint density at radius 3 is 2.48 bits per heavy atom. The van der Waals surface area contributed by atoms with Crippen molar-refractivity contribution in [3.63, 3.8) is 0 Å². The topological polar surface area (TPSA) is 61.5 Å². The highest BCUT2D eigenvalue weighted by atomic mass is 35.5. The largest absolute Gasteiger partial charge is 0.333 e. The molecule has 0 radical (unpaired) electrons. The van der Waals surface area contributed by atoms with Crippen molar-refractivity contribution in [3.05, 3.63) is 87.4 Å². The number of nitrogens with one attached hydrogen (secondary N) is 2. The Kier molecular flexibility index (Phi) is 4.00. The lowest BCUT2D eigenvalue weighted by Crippen LogP contribution is -2.06. The van der Waals surface area contributed by atoms with Crippen LogP contribution in [0.3, 0.4) is 0 Å². The first-order valence-electron chi connectivity index (χ1n) is 9.08. The lowest BCUT2D eigenvalue weighted by Gasteiger charge is -2.05. The van der Waals surface area contributed by atoms with Gasteiger partial charge in [0.2, 0.25) is 0 Å². The minimum absolute atomic E-state index is 0.147. The molecular weight excluding hydrogens is 389 g/mol. The van der Waals surface area contributed by atoms with Crippen LogP contribution in [0, 0.1) is 12.7 Å². The lowest BCUT2D eigenvalue weighted by atomic mass is 10.0. The van der Waals surface area contributed by atoms with Crippen LogP contribution < -0.4 is 5.56 Å². The predicted octanol–water partition coefficient (Wildman–Crippen LogP) is 5.84. The summed E-state index contributed by atoms with van der Waals surface area (Å²) in [4.78, 5) is 23.0. The smallest absolute Gasteiger partial charge is 0.274 e. The molecule has 0 amide bonds. The van der Waals surface area contributed by atoms with Crippen LogP contribution in [0.1, 0.15) is 5.56 Å². The minimum Gasteiger partial charge on any atom is -0.333 e. The SMILES string of the molecule is Cc1ccc(-c2ccc3c(c2)[nH]c(=O)c2[nH]c(-c4c(F)cccc4Cl)nc23)cc1. The molecule has 0 atom stereocenters. The highest BCUT2D eigenvalue weighted by molar-refractivity contribution is 6.33. The van der Waals surface area contributed by atoms with Crippen LogP contribution in [0.4, 0.5) is 4.39 Å². The van der Waals surface area contributed by atoms with Crippen LogP contribution in [-0.2, 0) is 0 Å². The molecule has 0 spiro atoms. The van der Waals surface area contributed by atoms with E-state index >= 15 is 0 Å². The summed E-state index contributed by atoms with van der Waals surface area (Å²) in [7, 11) is 0. The van der Waals surface area contributed by atoms with E-state index in [1.807, 2.05) is 49.4 Å². The third kappa shape index (κ3) is 2.91. The maximum Gasteiger partial charge on any atom is 0.274 e. The number of aromatic amines is 2. The number of imidazole rings is 1. The molecule has 142 valence electrons. The Labute approximate surface area is 170 Å². The first-order chi connectivity index (χ1) is 14.0. The second-order valence-electron chi connectivity index (χ2n) is 6.99. The van der Waals surface area contributed by atoms with E-state index < -0.39 is 5.82 Å². The van der Waals surface area contributed by atoms with Gasteiger partial charge in [-0.15, -0.1) is 0 Å². The molecular formula is C23H15ClFN3O.